The molecule has 0 saturated heterocycles. The molecule has 0 aliphatic heterocycles. The molecule has 3 aromatic rings. The molecule has 0 fully saturated rings. The topological polar surface area (TPSA) is 58.6 Å². The van der Waals surface area contributed by atoms with Gasteiger partial charge in [0, 0.05) is 10.0 Å². The molecule has 0 aliphatic rings. The zero-order valence-corrected chi connectivity index (χ0v) is 17.8. The van der Waals surface area contributed by atoms with Crippen LogP contribution in [0.4, 0.5) is 18.9 Å². The first-order valence-electron chi connectivity index (χ1n) is 8.91. The molecule has 0 bridgehead atoms. The fourth-order valence-electron chi connectivity index (χ4n) is 2.86. The van der Waals surface area contributed by atoms with Gasteiger partial charge in [-0.1, -0.05) is 23.2 Å². The Hall–Kier alpha value is -2.90. The Labute approximate surface area is 186 Å². The first-order chi connectivity index (χ1) is 14.5. The van der Waals surface area contributed by atoms with Crippen molar-refractivity contribution in [3.05, 3.63) is 80.8 Å². The van der Waals surface area contributed by atoms with Gasteiger partial charge in [-0.25, -0.2) is 0 Å². The third kappa shape index (κ3) is 5.24. The molecule has 0 heterocycles. The van der Waals surface area contributed by atoms with Gasteiger partial charge in [0.1, 0.15) is 11.5 Å². The molecule has 0 aliphatic carbocycles. The molecule has 0 spiro atoms. The largest absolute Gasteiger partial charge is 0.507 e. The smallest absolute Gasteiger partial charge is 0.416 e. The van der Waals surface area contributed by atoms with Crippen molar-refractivity contribution >= 4 is 34.8 Å². The average molecular weight is 470 g/mol. The summed E-state index contributed by atoms with van der Waals surface area (Å²) in [5.41, 5.74) is 0.0310. The summed E-state index contributed by atoms with van der Waals surface area (Å²) in [5.74, 6) is -0.919. The van der Waals surface area contributed by atoms with Crippen LogP contribution in [0.15, 0.2) is 48.5 Å². The lowest BCUT2D eigenvalue weighted by Gasteiger charge is -2.16. The molecule has 0 saturated carbocycles. The minimum atomic E-state index is -4.64. The highest BCUT2D eigenvalue weighted by Gasteiger charge is 2.31. The number of aryl methyl sites for hydroxylation is 2. The molecule has 0 radical (unpaired) electrons. The van der Waals surface area contributed by atoms with Gasteiger partial charge in [-0.2, -0.15) is 13.2 Å². The summed E-state index contributed by atoms with van der Waals surface area (Å²) >= 11 is 12.0. The molecule has 0 atom stereocenters. The summed E-state index contributed by atoms with van der Waals surface area (Å²) in [6.07, 6.45) is -4.64. The number of carbonyl (C=O) groups is 1. The molecule has 3 aromatic carbocycles. The van der Waals surface area contributed by atoms with Gasteiger partial charge in [0.2, 0.25) is 0 Å². The van der Waals surface area contributed by atoms with Crippen LogP contribution in [0.3, 0.4) is 0 Å². The van der Waals surface area contributed by atoms with E-state index < -0.39 is 17.6 Å². The summed E-state index contributed by atoms with van der Waals surface area (Å²) in [4.78, 5) is 12.6. The number of rotatable bonds is 4. The Morgan fingerprint density at radius 2 is 1.65 bits per heavy atom. The molecule has 162 valence electrons. The number of ether oxygens (including phenoxy) is 1. The first kappa shape index (κ1) is 22.8. The third-order valence-electron chi connectivity index (χ3n) is 4.40. The normalized spacial score (nSPS) is 11.3. The fourth-order valence-corrected chi connectivity index (χ4v) is 3.15. The number of carbonyl (C=O) groups excluding carboxylic acids is 1. The molecule has 4 nitrogen and oxygen atoms in total. The van der Waals surface area contributed by atoms with Crippen LogP contribution in [0, 0.1) is 13.8 Å². The van der Waals surface area contributed by atoms with E-state index in [4.69, 9.17) is 27.9 Å². The monoisotopic (exact) mass is 469 g/mol. The van der Waals surface area contributed by atoms with Crippen LogP contribution in [0.1, 0.15) is 27.0 Å². The summed E-state index contributed by atoms with van der Waals surface area (Å²) in [6.45, 7) is 3.53. The van der Waals surface area contributed by atoms with Gasteiger partial charge in [-0.3, -0.25) is 4.79 Å². The lowest BCUT2D eigenvalue weighted by molar-refractivity contribution is -0.137. The SMILES string of the molecule is Cc1cc(Oc2ccc(C(F)(F)F)cc2NC(=O)c2cc(Cl)ccc2O)cc(C)c1Cl. The number of aromatic hydroxyl groups is 1. The fraction of sp³-hybridized carbons (Fsp3) is 0.136. The van der Waals surface area contributed by atoms with E-state index in [0.717, 1.165) is 29.3 Å². The van der Waals surface area contributed by atoms with Crippen molar-refractivity contribution < 1.29 is 27.8 Å². The maximum atomic E-state index is 13.2. The highest BCUT2D eigenvalue weighted by molar-refractivity contribution is 6.32. The minimum Gasteiger partial charge on any atom is -0.507 e. The summed E-state index contributed by atoms with van der Waals surface area (Å²) in [5, 5.41) is 13.0. The van der Waals surface area contributed by atoms with Gasteiger partial charge in [0.25, 0.3) is 5.91 Å². The number of anilines is 1. The van der Waals surface area contributed by atoms with Crippen LogP contribution in [-0.4, -0.2) is 11.0 Å². The zero-order chi connectivity index (χ0) is 22.9. The molecule has 0 unspecified atom stereocenters. The average Bonchev–Trinajstić information content (AvgIpc) is 2.68. The molecule has 3 rings (SSSR count). The highest BCUT2D eigenvalue weighted by atomic mass is 35.5. The second kappa shape index (κ2) is 8.69. The van der Waals surface area contributed by atoms with E-state index in [1.54, 1.807) is 26.0 Å². The lowest BCUT2D eigenvalue weighted by atomic mass is 10.1. The van der Waals surface area contributed by atoms with Gasteiger partial charge >= 0.3 is 6.18 Å². The molecule has 2 N–H and O–H groups in total. The van der Waals surface area contributed by atoms with Crippen LogP contribution in [0.25, 0.3) is 0 Å². The number of hydrogen-bond acceptors (Lipinski definition) is 3. The van der Waals surface area contributed by atoms with Crippen molar-refractivity contribution in [1.82, 2.24) is 0 Å². The van der Waals surface area contributed by atoms with E-state index in [2.05, 4.69) is 5.32 Å². The van der Waals surface area contributed by atoms with Crippen molar-refractivity contribution in [2.75, 3.05) is 5.32 Å². The van der Waals surface area contributed by atoms with Gasteiger partial charge in [0.05, 0.1) is 16.8 Å². The van der Waals surface area contributed by atoms with E-state index >= 15 is 0 Å². The second-order valence-corrected chi connectivity index (χ2v) is 7.61. The van der Waals surface area contributed by atoms with Crippen molar-refractivity contribution in [3.8, 4) is 17.2 Å². The maximum Gasteiger partial charge on any atom is 0.416 e. The van der Waals surface area contributed by atoms with Crippen LogP contribution < -0.4 is 10.1 Å². The van der Waals surface area contributed by atoms with E-state index in [1.807, 2.05) is 0 Å². The van der Waals surface area contributed by atoms with Gasteiger partial charge in [-0.05, 0) is 73.5 Å². The van der Waals surface area contributed by atoms with E-state index in [0.29, 0.717) is 10.8 Å². The number of phenols is 1. The molecular weight excluding hydrogens is 454 g/mol. The zero-order valence-electron chi connectivity index (χ0n) is 16.3. The molecule has 9 heteroatoms. The maximum absolute atomic E-state index is 13.2. The highest BCUT2D eigenvalue weighted by Crippen LogP contribution is 2.38. The Balaban J connectivity index is 2.02. The number of nitrogens with one attached hydrogen (secondary N) is 1. The first-order valence-corrected chi connectivity index (χ1v) is 9.67. The standard InChI is InChI=1S/C22H16Cl2F3NO3/c1-11-7-15(8-12(2)20(11)24)31-19-6-3-13(22(25,26)27)9-17(19)28-21(30)16-10-14(23)4-5-18(16)29/h3-10,29H,1-2H3,(H,28,30). The number of alkyl halides is 3. The van der Waals surface area contributed by atoms with Crippen LogP contribution >= 0.6 is 23.2 Å². The van der Waals surface area contributed by atoms with Crippen molar-refractivity contribution in [2.24, 2.45) is 0 Å². The number of phenolic OH excluding ortho intramolecular Hbond substituents is 1. The second-order valence-electron chi connectivity index (χ2n) is 6.80. The number of halogens is 5. The van der Waals surface area contributed by atoms with Gasteiger partial charge in [0.15, 0.2) is 5.75 Å². The molecular formula is C22H16Cl2F3NO3. The van der Waals surface area contributed by atoms with Gasteiger partial charge < -0.3 is 15.2 Å². The molecule has 0 aromatic heterocycles. The van der Waals surface area contributed by atoms with Crippen LogP contribution in [-0.2, 0) is 6.18 Å². The Morgan fingerprint density at radius 1 is 1.00 bits per heavy atom. The molecule has 1 amide bonds. The summed E-state index contributed by atoms with van der Waals surface area (Å²) in [6, 6.07) is 9.74. The van der Waals surface area contributed by atoms with Gasteiger partial charge in [-0.15, -0.1) is 0 Å². The van der Waals surface area contributed by atoms with E-state index in [1.165, 1.54) is 18.2 Å². The minimum absolute atomic E-state index is 0.0241. The predicted octanol–water partition coefficient (Wildman–Crippen LogP) is 7.38. The van der Waals surface area contributed by atoms with Crippen molar-refractivity contribution in [2.45, 2.75) is 20.0 Å². The van der Waals surface area contributed by atoms with E-state index in [-0.39, 0.29) is 27.8 Å². The number of hydrogen-bond donors (Lipinski definition) is 2. The quantitative estimate of drug-likeness (QED) is 0.418. The summed E-state index contributed by atoms with van der Waals surface area (Å²) < 4.78 is 45.4. The third-order valence-corrected chi connectivity index (χ3v) is 5.23. The Kier molecular flexibility index (Phi) is 6.38. The lowest BCUT2D eigenvalue weighted by Crippen LogP contribution is -2.14. The summed E-state index contributed by atoms with van der Waals surface area (Å²) in [7, 11) is 0. The Bertz CT molecular complexity index is 1140. The molecule has 31 heavy (non-hydrogen) atoms. The predicted molar refractivity (Wildman–Crippen MR) is 114 cm³/mol. The Morgan fingerprint density at radius 3 is 2.26 bits per heavy atom. The number of amides is 1. The van der Waals surface area contributed by atoms with Crippen molar-refractivity contribution in [1.29, 1.82) is 0 Å². The van der Waals surface area contributed by atoms with Crippen LogP contribution in [0.5, 0.6) is 17.2 Å². The van der Waals surface area contributed by atoms with Crippen molar-refractivity contribution in [3.63, 3.8) is 0 Å². The number of benzene rings is 3. The van der Waals surface area contributed by atoms with Crippen LogP contribution in [0.2, 0.25) is 10.0 Å². The van der Waals surface area contributed by atoms with E-state index in [9.17, 15) is 23.1 Å².